The Bertz CT molecular complexity index is 420. The van der Waals surface area contributed by atoms with Crippen LogP contribution in [0.4, 0.5) is 0 Å². The first-order valence-corrected chi connectivity index (χ1v) is 5.15. The fraction of sp³-hybridized carbons (Fsp3) is 0.143. The smallest absolute Gasteiger partial charge is 0.0409 e. The molecule has 0 amide bonds. The lowest BCUT2D eigenvalue weighted by atomic mass is 10.0. The molecule has 0 aliphatic carbocycles. The predicted octanol–water partition coefficient (Wildman–Crippen LogP) is 3.19. The molecule has 1 aromatic carbocycles. The van der Waals surface area contributed by atoms with Crippen LogP contribution in [-0.2, 0) is 6.42 Å². The van der Waals surface area contributed by atoms with Crippen molar-refractivity contribution in [1.29, 1.82) is 0 Å². The second-order valence-corrected chi connectivity index (χ2v) is 3.59. The lowest BCUT2D eigenvalue weighted by Crippen LogP contribution is -1.93. The summed E-state index contributed by atoms with van der Waals surface area (Å²) in [5.74, 6) is 0. The van der Waals surface area contributed by atoms with Gasteiger partial charge in [0.25, 0.3) is 0 Å². The van der Waals surface area contributed by atoms with Gasteiger partial charge in [-0.1, -0.05) is 30.3 Å². The second kappa shape index (κ2) is 4.74. The molecule has 1 nitrogen and oxygen atoms in total. The van der Waals surface area contributed by atoms with Gasteiger partial charge in [-0.05, 0) is 43.0 Å². The van der Waals surface area contributed by atoms with Crippen molar-refractivity contribution < 1.29 is 0 Å². The van der Waals surface area contributed by atoms with Gasteiger partial charge in [-0.15, -0.1) is 0 Å². The minimum atomic E-state index is 0.895. The molecule has 1 heterocycles. The van der Waals surface area contributed by atoms with E-state index < -0.39 is 0 Å². The summed E-state index contributed by atoms with van der Waals surface area (Å²) in [6.07, 6.45) is 4.95. The third-order valence-electron chi connectivity index (χ3n) is 2.45. The van der Waals surface area contributed by atoms with Crippen LogP contribution in [0.5, 0.6) is 0 Å². The van der Waals surface area contributed by atoms with E-state index in [0.29, 0.717) is 0 Å². The maximum atomic E-state index is 4.29. The van der Waals surface area contributed by atoms with Crippen molar-refractivity contribution in [3.63, 3.8) is 0 Å². The van der Waals surface area contributed by atoms with E-state index in [1.165, 1.54) is 11.1 Å². The largest absolute Gasteiger partial charge is 0.261 e. The third kappa shape index (κ3) is 2.66. The zero-order valence-corrected chi connectivity index (χ0v) is 8.85. The molecule has 0 saturated heterocycles. The van der Waals surface area contributed by atoms with E-state index >= 15 is 0 Å². The summed E-state index contributed by atoms with van der Waals surface area (Å²) in [6.45, 7) is 2.13. The van der Waals surface area contributed by atoms with E-state index in [4.69, 9.17) is 0 Å². The van der Waals surface area contributed by atoms with Crippen molar-refractivity contribution in [2.24, 2.45) is 0 Å². The van der Waals surface area contributed by atoms with Crippen molar-refractivity contribution in [2.45, 2.75) is 13.3 Å². The molecule has 0 bridgehead atoms. The van der Waals surface area contributed by atoms with E-state index in [2.05, 4.69) is 48.7 Å². The van der Waals surface area contributed by atoms with E-state index in [1.54, 1.807) is 0 Å². The van der Waals surface area contributed by atoms with Gasteiger partial charge in [0.1, 0.15) is 0 Å². The molecule has 0 spiro atoms. The Kier molecular flexibility index (Phi) is 3.13. The highest BCUT2D eigenvalue weighted by Crippen LogP contribution is 2.11. The topological polar surface area (TPSA) is 12.9 Å². The van der Waals surface area contributed by atoms with Crippen LogP contribution < -0.4 is 0 Å². The van der Waals surface area contributed by atoms with Crippen molar-refractivity contribution in [2.75, 3.05) is 0 Å². The zero-order chi connectivity index (χ0) is 10.5. The maximum absolute atomic E-state index is 4.29. The minimum Gasteiger partial charge on any atom is -0.261 e. The fourth-order valence-electron chi connectivity index (χ4n) is 1.55. The molecular formula is C14H14N. The molecule has 0 N–H and O–H groups in total. The molecule has 2 rings (SSSR count). The van der Waals surface area contributed by atoms with Gasteiger partial charge in [0.15, 0.2) is 0 Å². The number of hydrogen-bond donors (Lipinski definition) is 0. The first-order valence-electron chi connectivity index (χ1n) is 5.15. The zero-order valence-electron chi connectivity index (χ0n) is 8.85. The van der Waals surface area contributed by atoms with Crippen molar-refractivity contribution in [1.82, 2.24) is 4.98 Å². The Labute approximate surface area is 90.8 Å². The number of aryl methyl sites for hydroxylation is 1. The molecule has 0 fully saturated rings. The highest BCUT2D eigenvalue weighted by Gasteiger charge is 1.98. The first-order chi connectivity index (χ1) is 7.36. The van der Waals surface area contributed by atoms with Gasteiger partial charge in [-0.2, -0.15) is 0 Å². The van der Waals surface area contributed by atoms with Crippen LogP contribution in [0.2, 0.25) is 0 Å². The summed E-state index contributed by atoms with van der Waals surface area (Å²) in [6, 6.07) is 14.4. The molecular weight excluding hydrogens is 182 g/mol. The summed E-state index contributed by atoms with van der Waals surface area (Å²) in [4.78, 5) is 4.29. The monoisotopic (exact) mass is 196 g/mol. The molecule has 15 heavy (non-hydrogen) atoms. The SMILES string of the molecule is Cc1ccccc1[CH]Cc1ccccn1. The highest BCUT2D eigenvalue weighted by atomic mass is 14.7. The van der Waals surface area contributed by atoms with Gasteiger partial charge in [-0.25, -0.2) is 0 Å². The number of benzene rings is 1. The third-order valence-corrected chi connectivity index (χ3v) is 2.45. The van der Waals surface area contributed by atoms with Crippen LogP contribution in [0.25, 0.3) is 0 Å². The van der Waals surface area contributed by atoms with Gasteiger partial charge >= 0.3 is 0 Å². The van der Waals surface area contributed by atoms with E-state index in [-0.39, 0.29) is 0 Å². The van der Waals surface area contributed by atoms with Crippen LogP contribution in [0.3, 0.4) is 0 Å². The normalized spacial score (nSPS) is 10.2. The van der Waals surface area contributed by atoms with E-state index in [1.807, 2.05) is 18.3 Å². The summed E-state index contributed by atoms with van der Waals surface area (Å²) in [7, 11) is 0. The number of aromatic nitrogens is 1. The Balaban J connectivity index is 2.03. The standard InChI is InChI=1S/C14H14N/c1-12-6-2-3-7-13(12)9-10-14-8-4-5-11-15-14/h2-9,11H,10H2,1H3. The van der Waals surface area contributed by atoms with Gasteiger partial charge in [-0.3, -0.25) is 4.98 Å². The Morgan fingerprint density at radius 3 is 2.60 bits per heavy atom. The quantitative estimate of drug-likeness (QED) is 0.734. The number of rotatable bonds is 3. The number of pyridine rings is 1. The Hall–Kier alpha value is -1.63. The second-order valence-electron chi connectivity index (χ2n) is 3.59. The van der Waals surface area contributed by atoms with Gasteiger partial charge in [0.2, 0.25) is 0 Å². The molecule has 0 aliphatic heterocycles. The number of nitrogens with zero attached hydrogens (tertiary/aromatic N) is 1. The van der Waals surface area contributed by atoms with Crippen LogP contribution in [0.1, 0.15) is 16.8 Å². The molecule has 1 heteroatoms. The molecule has 0 atom stereocenters. The van der Waals surface area contributed by atoms with Gasteiger partial charge in [0, 0.05) is 11.9 Å². The fourth-order valence-corrected chi connectivity index (χ4v) is 1.55. The van der Waals surface area contributed by atoms with E-state index in [9.17, 15) is 0 Å². The first kappa shape index (κ1) is 9.91. The summed E-state index contributed by atoms with van der Waals surface area (Å²) >= 11 is 0. The Morgan fingerprint density at radius 1 is 1.07 bits per heavy atom. The highest BCUT2D eigenvalue weighted by molar-refractivity contribution is 5.32. The average Bonchev–Trinajstić information content (AvgIpc) is 2.29. The summed E-state index contributed by atoms with van der Waals surface area (Å²) < 4.78 is 0. The molecule has 1 radical (unpaired) electrons. The van der Waals surface area contributed by atoms with E-state index in [0.717, 1.165) is 12.1 Å². The lowest BCUT2D eigenvalue weighted by Gasteiger charge is -2.04. The number of hydrogen-bond acceptors (Lipinski definition) is 1. The molecule has 2 aromatic rings. The van der Waals surface area contributed by atoms with Crippen molar-refractivity contribution >= 4 is 0 Å². The maximum Gasteiger partial charge on any atom is 0.0409 e. The van der Waals surface area contributed by atoms with Crippen LogP contribution in [0, 0.1) is 13.3 Å². The summed E-state index contributed by atoms with van der Waals surface area (Å²) in [5.41, 5.74) is 3.72. The lowest BCUT2D eigenvalue weighted by molar-refractivity contribution is 1.05. The van der Waals surface area contributed by atoms with Gasteiger partial charge < -0.3 is 0 Å². The predicted molar refractivity (Wildman–Crippen MR) is 62.5 cm³/mol. The molecule has 75 valence electrons. The van der Waals surface area contributed by atoms with Crippen molar-refractivity contribution in [3.8, 4) is 0 Å². The molecule has 0 aliphatic rings. The molecule has 0 unspecified atom stereocenters. The van der Waals surface area contributed by atoms with Crippen LogP contribution in [-0.4, -0.2) is 4.98 Å². The van der Waals surface area contributed by atoms with Crippen LogP contribution in [0.15, 0.2) is 48.7 Å². The molecule has 1 aromatic heterocycles. The minimum absolute atomic E-state index is 0.895. The average molecular weight is 196 g/mol. The van der Waals surface area contributed by atoms with Gasteiger partial charge in [0.05, 0.1) is 0 Å². The van der Waals surface area contributed by atoms with Crippen LogP contribution >= 0.6 is 0 Å². The summed E-state index contributed by atoms with van der Waals surface area (Å²) in [5, 5.41) is 0. The Morgan fingerprint density at radius 2 is 1.87 bits per heavy atom. The van der Waals surface area contributed by atoms with Crippen molar-refractivity contribution in [3.05, 3.63) is 71.9 Å². The molecule has 0 saturated carbocycles.